The van der Waals surface area contributed by atoms with Crippen LogP contribution in [0, 0.1) is 6.92 Å². The first-order valence-corrected chi connectivity index (χ1v) is 7.97. The van der Waals surface area contributed by atoms with Gasteiger partial charge in [-0.2, -0.15) is 0 Å². The SMILES string of the molecule is Cc1ccc2c(c1)C1(CC(c3ccccc3)O2)N=C(N)N(C)C1=O. The lowest BCUT2D eigenvalue weighted by Gasteiger charge is -2.37. The molecule has 2 aromatic carbocycles. The van der Waals surface area contributed by atoms with Gasteiger partial charge in [-0.25, -0.2) is 4.99 Å². The number of aryl methyl sites for hydroxylation is 1. The van der Waals surface area contributed by atoms with E-state index < -0.39 is 5.54 Å². The molecule has 2 aliphatic rings. The van der Waals surface area contributed by atoms with Gasteiger partial charge in [0.1, 0.15) is 11.9 Å². The maximum Gasteiger partial charge on any atom is 0.261 e. The predicted octanol–water partition coefficient (Wildman–Crippen LogP) is 2.50. The van der Waals surface area contributed by atoms with Crippen LogP contribution < -0.4 is 10.5 Å². The summed E-state index contributed by atoms with van der Waals surface area (Å²) in [4.78, 5) is 19.0. The molecule has 0 saturated carbocycles. The smallest absolute Gasteiger partial charge is 0.261 e. The zero-order valence-corrected chi connectivity index (χ0v) is 13.7. The van der Waals surface area contributed by atoms with E-state index >= 15 is 0 Å². The van der Waals surface area contributed by atoms with E-state index in [4.69, 9.17) is 10.5 Å². The van der Waals surface area contributed by atoms with Gasteiger partial charge in [-0.05, 0) is 24.6 Å². The summed E-state index contributed by atoms with van der Waals surface area (Å²) in [5, 5.41) is 0. The first kappa shape index (κ1) is 14.8. The number of hydrogen-bond acceptors (Lipinski definition) is 4. The molecular weight excluding hydrogens is 302 g/mol. The van der Waals surface area contributed by atoms with E-state index in [9.17, 15) is 4.79 Å². The fourth-order valence-corrected chi connectivity index (χ4v) is 3.50. The van der Waals surface area contributed by atoms with Gasteiger partial charge in [-0.1, -0.05) is 42.0 Å². The first-order chi connectivity index (χ1) is 11.5. The molecule has 2 atom stereocenters. The molecule has 5 heteroatoms. The van der Waals surface area contributed by atoms with Crippen molar-refractivity contribution in [3.63, 3.8) is 0 Å². The highest BCUT2D eigenvalue weighted by Gasteiger charge is 2.53. The van der Waals surface area contributed by atoms with Crippen LogP contribution in [0.3, 0.4) is 0 Å². The van der Waals surface area contributed by atoms with Crippen molar-refractivity contribution in [2.24, 2.45) is 10.7 Å². The van der Waals surface area contributed by atoms with Crippen molar-refractivity contribution in [2.75, 3.05) is 7.05 Å². The summed E-state index contributed by atoms with van der Waals surface area (Å²) in [6.45, 7) is 1.99. The number of ether oxygens (including phenoxy) is 1. The molecule has 1 spiro atoms. The highest BCUT2D eigenvalue weighted by atomic mass is 16.5. The molecule has 2 unspecified atom stereocenters. The number of nitrogens with zero attached hydrogens (tertiary/aromatic N) is 2. The van der Waals surface area contributed by atoms with E-state index in [1.807, 2.05) is 55.5 Å². The van der Waals surface area contributed by atoms with Crippen molar-refractivity contribution in [1.29, 1.82) is 0 Å². The molecule has 0 saturated heterocycles. The van der Waals surface area contributed by atoms with Gasteiger partial charge in [0.05, 0.1) is 0 Å². The average Bonchev–Trinajstić information content (AvgIpc) is 2.81. The van der Waals surface area contributed by atoms with E-state index in [2.05, 4.69) is 4.99 Å². The molecule has 2 N–H and O–H groups in total. The lowest BCUT2D eigenvalue weighted by Crippen LogP contribution is -2.43. The molecule has 5 nitrogen and oxygen atoms in total. The predicted molar refractivity (Wildman–Crippen MR) is 91.7 cm³/mol. The molecule has 2 aliphatic heterocycles. The largest absolute Gasteiger partial charge is 0.485 e. The molecular formula is C19H19N3O2. The van der Waals surface area contributed by atoms with Crippen molar-refractivity contribution in [3.8, 4) is 5.75 Å². The second-order valence-corrected chi connectivity index (χ2v) is 6.42. The minimum absolute atomic E-state index is 0.101. The number of fused-ring (bicyclic) bond motifs is 2. The van der Waals surface area contributed by atoms with Crippen LogP contribution in [-0.4, -0.2) is 23.8 Å². The van der Waals surface area contributed by atoms with Gasteiger partial charge < -0.3 is 10.5 Å². The van der Waals surface area contributed by atoms with Gasteiger partial charge >= 0.3 is 0 Å². The fraction of sp³-hybridized carbons (Fsp3) is 0.263. The van der Waals surface area contributed by atoms with E-state index in [0.29, 0.717) is 12.2 Å². The Balaban J connectivity index is 1.89. The Bertz CT molecular complexity index is 847. The van der Waals surface area contributed by atoms with Crippen molar-refractivity contribution in [1.82, 2.24) is 4.90 Å². The van der Waals surface area contributed by atoms with Crippen molar-refractivity contribution in [2.45, 2.75) is 25.0 Å². The van der Waals surface area contributed by atoms with Crippen molar-refractivity contribution in [3.05, 3.63) is 65.2 Å². The van der Waals surface area contributed by atoms with Gasteiger partial charge in [0.2, 0.25) is 0 Å². The summed E-state index contributed by atoms with van der Waals surface area (Å²) >= 11 is 0. The molecule has 122 valence electrons. The number of carbonyl (C=O) groups is 1. The second-order valence-electron chi connectivity index (χ2n) is 6.42. The number of aliphatic imine (C=N–C) groups is 1. The number of carbonyl (C=O) groups excluding carboxylic acids is 1. The van der Waals surface area contributed by atoms with E-state index in [1.54, 1.807) is 7.05 Å². The van der Waals surface area contributed by atoms with Crippen LogP contribution in [0.15, 0.2) is 53.5 Å². The third kappa shape index (κ3) is 2.01. The molecule has 1 amide bonds. The quantitative estimate of drug-likeness (QED) is 0.877. The fourth-order valence-electron chi connectivity index (χ4n) is 3.50. The van der Waals surface area contributed by atoms with Crippen LogP contribution in [0.2, 0.25) is 0 Å². The average molecular weight is 321 g/mol. The van der Waals surface area contributed by atoms with E-state index in [1.165, 1.54) is 4.90 Å². The molecule has 0 aromatic heterocycles. The number of likely N-dealkylation sites (N-methyl/N-ethyl adjacent to an activating group) is 1. The number of guanidine groups is 1. The molecule has 0 radical (unpaired) electrons. The molecule has 24 heavy (non-hydrogen) atoms. The van der Waals surface area contributed by atoms with Gasteiger partial charge in [-0.15, -0.1) is 0 Å². The summed E-state index contributed by atoms with van der Waals surface area (Å²) in [6, 6.07) is 15.8. The first-order valence-electron chi connectivity index (χ1n) is 7.97. The third-order valence-electron chi connectivity index (χ3n) is 4.81. The van der Waals surface area contributed by atoms with Crippen LogP contribution >= 0.6 is 0 Å². The molecule has 0 fully saturated rings. The topological polar surface area (TPSA) is 67.9 Å². The minimum Gasteiger partial charge on any atom is -0.485 e. The number of hydrogen-bond donors (Lipinski definition) is 1. The Morgan fingerprint density at radius 1 is 1.25 bits per heavy atom. The number of amides is 1. The second kappa shape index (κ2) is 5.09. The molecule has 4 rings (SSSR count). The maximum atomic E-state index is 13.0. The Morgan fingerprint density at radius 2 is 2.00 bits per heavy atom. The van der Waals surface area contributed by atoms with Crippen molar-refractivity contribution >= 4 is 11.9 Å². The highest BCUT2D eigenvalue weighted by Crippen LogP contribution is 2.49. The zero-order valence-electron chi connectivity index (χ0n) is 13.7. The Kier molecular flexibility index (Phi) is 3.13. The molecule has 0 aliphatic carbocycles. The Morgan fingerprint density at radius 3 is 2.67 bits per heavy atom. The normalized spacial score (nSPS) is 25.4. The summed E-state index contributed by atoms with van der Waals surface area (Å²) < 4.78 is 6.20. The summed E-state index contributed by atoms with van der Waals surface area (Å²) in [6.07, 6.45) is 0.200. The summed E-state index contributed by atoms with van der Waals surface area (Å²) in [5.41, 5.74) is 7.85. The third-order valence-corrected chi connectivity index (χ3v) is 4.81. The maximum absolute atomic E-state index is 13.0. The van der Waals surface area contributed by atoms with Crippen LogP contribution in [0.25, 0.3) is 0 Å². The van der Waals surface area contributed by atoms with Crippen LogP contribution in [0.5, 0.6) is 5.75 Å². The number of nitrogens with two attached hydrogens (primary N) is 1. The molecule has 0 bridgehead atoms. The number of benzene rings is 2. The summed E-state index contributed by atoms with van der Waals surface area (Å²) in [7, 11) is 1.67. The molecule has 2 heterocycles. The van der Waals surface area contributed by atoms with Crippen LogP contribution in [0.1, 0.15) is 29.2 Å². The highest BCUT2D eigenvalue weighted by molar-refractivity contribution is 6.07. The molecule has 2 aromatic rings. The van der Waals surface area contributed by atoms with E-state index in [-0.39, 0.29) is 18.0 Å². The van der Waals surface area contributed by atoms with Gasteiger partial charge in [-0.3, -0.25) is 9.69 Å². The van der Waals surface area contributed by atoms with Gasteiger partial charge in [0.15, 0.2) is 11.5 Å². The van der Waals surface area contributed by atoms with Gasteiger partial charge in [0, 0.05) is 19.0 Å². The van der Waals surface area contributed by atoms with E-state index in [0.717, 1.165) is 16.7 Å². The Hall–Kier alpha value is -2.82. The minimum atomic E-state index is -1.00. The number of rotatable bonds is 1. The standard InChI is InChI=1S/C19H19N3O2/c1-12-8-9-15-14(10-12)19(17(23)22(2)18(20)21-19)11-16(24-15)13-6-4-3-5-7-13/h3-10,16H,11H2,1-2H3,(H2,20,21). The van der Waals surface area contributed by atoms with Crippen LogP contribution in [-0.2, 0) is 10.3 Å². The lowest BCUT2D eigenvalue weighted by molar-refractivity contribution is -0.132. The monoisotopic (exact) mass is 321 g/mol. The van der Waals surface area contributed by atoms with Crippen LogP contribution in [0.4, 0.5) is 0 Å². The summed E-state index contributed by atoms with van der Waals surface area (Å²) in [5.74, 6) is 0.846. The lowest BCUT2D eigenvalue weighted by atomic mass is 9.79. The zero-order chi connectivity index (χ0) is 16.9. The Labute approximate surface area is 140 Å². The van der Waals surface area contributed by atoms with Gasteiger partial charge in [0.25, 0.3) is 5.91 Å². The van der Waals surface area contributed by atoms with Crippen molar-refractivity contribution < 1.29 is 9.53 Å².